The minimum Gasteiger partial charge on any atom is -0.321 e. The molecule has 1 N–H and O–H groups in total. The van der Waals surface area contributed by atoms with E-state index in [2.05, 4.69) is 37.2 Å². The van der Waals surface area contributed by atoms with Crippen molar-refractivity contribution in [3.63, 3.8) is 0 Å². The summed E-state index contributed by atoms with van der Waals surface area (Å²) in [6, 6.07) is 10.1. The second-order valence-electron chi connectivity index (χ2n) is 4.01. The van der Waals surface area contributed by atoms with Crippen molar-refractivity contribution in [2.24, 2.45) is 0 Å². The molecule has 0 aliphatic heterocycles. The molecule has 0 aromatic heterocycles. The van der Waals surface area contributed by atoms with Gasteiger partial charge in [0.2, 0.25) is 0 Å². The van der Waals surface area contributed by atoms with Crippen molar-refractivity contribution in [3.05, 3.63) is 62.3 Å². The molecule has 0 fully saturated rings. The second-order valence-corrected chi connectivity index (χ2v) is 5.78. The lowest BCUT2D eigenvalue weighted by molar-refractivity contribution is 0.102. The van der Waals surface area contributed by atoms with E-state index in [4.69, 9.17) is 0 Å². The molecule has 0 radical (unpaired) electrons. The zero-order valence-corrected chi connectivity index (χ0v) is 13.2. The Labute approximate surface area is 127 Å². The van der Waals surface area contributed by atoms with Crippen molar-refractivity contribution in [1.29, 1.82) is 0 Å². The summed E-state index contributed by atoms with van der Waals surface area (Å²) < 4.78 is 15.4. The minimum atomic E-state index is -0.494. The Bertz CT molecular complexity index is 643. The minimum absolute atomic E-state index is 0.0341. The average molecular weight is 387 g/mol. The summed E-state index contributed by atoms with van der Waals surface area (Å²) in [6.07, 6.45) is 0. The molecule has 0 unspecified atom stereocenters. The van der Waals surface area contributed by atoms with Crippen molar-refractivity contribution < 1.29 is 9.18 Å². The van der Waals surface area contributed by atoms with Crippen molar-refractivity contribution in [3.8, 4) is 0 Å². The van der Waals surface area contributed by atoms with Crippen LogP contribution in [0.1, 0.15) is 15.9 Å². The van der Waals surface area contributed by atoms with Gasteiger partial charge in [0.1, 0.15) is 5.82 Å². The molecular weight excluding hydrogens is 377 g/mol. The Hall–Kier alpha value is -1.20. The molecule has 2 nitrogen and oxygen atoms in total. The van der Waals surface area contributed by atoms with Crippen LogP contribution < -0.4 is 5.32 Å². The SMILES string of the molecule is Cc1cccc(C(=O)Nc2cc(Br)ccc2Br)c1F. The number of hydrogen-bond donors (Lipinski definition) is 1. The van der Waals surface area contributed by atoms with E-state index >= 15 is 0 Å². The summed E-state index contributed by atoms with van der Waals surface area (Å²) in [5, 5.41) is 2.68. The zero-order valence-electron chi connectivity index (χ0n) is 10.0. The van der Waals surface area contributed by atoms with Crippen LogP contribution in [-0.4, -0.2) is 5.91 Å². The van der Waals surface area contributed by atoms with Gasteiger partial charge >= 0.3 is 0 Å². The van der Waals surface area contributed by atoms with Crippen LogP contribution in [-0.2, 0) is 0 Å². The standard InChI is InChI=1S/C14H10Br2FNO/c1-8-3-2-4-10(13(8)17)14(19)18-12-7-9(15)5-6-11(12)16/h2-7H,1H3,(H,18,19). The summed E-state index contributed by atoms with van der Waals surface area (Å²) >= 11 is 6.66. The van der Waals surface area contributed by atoms with Gasteiger partial charge in [0.15, 0.2) is 0 Å². The molecule has 0 saturated carbocycles. The molecule has 0 aliphatic rings. The maximum atomic E-state index is 13.9. The van der Waals surface area contributed by atoms with Crippen molar-refractivity contribution in [2.45, 2.75) is 6.92 Å². The van der Waals surface area contributed by atoms with Crippen LogP contribution in [0, 0.1) is 12.7 Å². The van der Waals surface area contributed by atoms with Crippen LogP contribution in [0.25, 0.3) is 0 Å². The highest BCUT2D eigenvalue weighted by atomic mass is 79.9. The third-order valence-corrected chi connectivity index (χ3v) is 3.80. The molecule has 1 amide bonds. The molecule has 19 heavy (non-hydrogen) atoms. The van der Waals surface area contributed by atoms with Gasteiger partial charge < -0.3 is 5.32 Å². The molecule has 0 spiro atoms. The number of halogens is 3. The first kappa shape index (κ1) is 14.2. The van der Waals surface area contributed by atoms with Gasteiger partial charge in [-0.05, 0) is 52.7 Å². The maximum Gasteiger partial charge on any atom is 0.258 e. The predicted octanol–water partition coefficient (Wildman–Crippen LogP) is 4.91. The molecule has 2 aromatic rings. The molecule has 2 aromatic carbocycles. The first-order valence-electron chi connectivity index (χ1n) is 5.50. The van der Waals surface area contributed by atoms with Crippen LogP contribution in [0.3, 0.4) is 0 Å². The molecule has 2 rings (SSSR count). The number of hydrogen-bond acceptors (Lipinski definition) is 1. The van der Waals surface area contributed by atoms with Gasteiger partial charge in [-0.3, -0.25) is 4.79 Å². The maximum absolute atomic E-state index is 13.9. The third kappa shape index (κ3) is 3.22. The van der Waals surface area contributed by atoms with E-state index in [1.165, 1.54) is 6.07 Å². The van der Waals surface area contributed by atoms with E-state index in [1.54, 1.807) is 31.2 Å². The van der Waals surface area contributed by atoms with E-state index in [0.717, 1.165) is 8.95 Å². The highest BCUT2D eigenvalue weighted by molar-refractivity contribution is 9.11. The fraction of sp³-hybridized carbons (Fsp3) is 0.0714. The Kier molecular flexibility index (Phi) is 4.37. The fourth-order valence-electron chi connectivity index (χ4n) is 1.61. The van der Waals surface area contributed by atoms with E-state index in [1.807, 2.05) is 6.07 Å². The molecule has 0 atom stereocenters. The second kappa shape index (κ2) is 5.84. The summed E-state index contributed by atoms with van der Waals surface area (Å²) in [7, 11) is 0. The number of anilines is 1. The van der Waals surface area contributed by atoms with Gasteiger partial charge in [-0.1, -0.05) is 28.1 Å². The van der Waals surface area contributed by atoms with E-state index in [-0.39, 0.29) is 5.56 Å². The quantitative estimate of drug-likeness (QED) is 0.780. The van der Waals surface area contributed by atoms with Crippen molar-refractivity contribution in [2.75, 3.05) is 5.32 Å². The molecule has 0 heterocycles. The third-order valence-electron chi connectivity index (χ3n) is 2.61. The monoisotopic (exact) mass is 385 g/mol. The molecule has 0 saturated heterocycles. The lowest BCUT2D eigenvalue weighted by Crippen LogP contribution is -2.14. The van der Waals surface area contributed by atoms with Gasteiger partial charge in [0, 0.05) is 8.95 Å². The Balaban J connectivity index is 2.31. The number of carbonyl (C=O) groups excluding carboxylic acids is 1. The zero-order chi connectivity index (χ0) is 14.0. The van der Waals surface area contributed by atoms with E-state index in [0.29, 0.717) is 11.3 Å². The number of amides is 1. The topological polar surface area (TPSA) is 29.1 Å². The number of aryl methyl sites for hydroxylation is 1. The Morgan fingerprint density at radius 2 is 1.95 bits per heavy atom. The normalized spacial score (nSPS) is 10.3. The number of rotatable bonds is 2. The smallest absolute Gasteiger partial charge is 0.258 e. The molecule has 98 valence electrons. The molecule has 5 heteroatoms. The van der Waals surface area contributed by atoms with Crippen LogP contribution in [0.2, 0.25) is 0 Å². The molecule has 0 bridgehead atoms. The van der Waals surface area contributed by atoms with Gasteiger partial charge in [-0.15, -0.1) is 0 Å². The van der Waals surface area contributed by atoms with E-state index < -0.39 is 11.7 Å². The highest BCUT2D eigenvalue weighted by Crippen LogP contribution is 2.27. The summed E-state index contributed by atoms with van der Waals surface area (Å²) in [5.41, 5.74) is 1.06. The largest absolute Gasteiger partial charge is 0.321 e. The first-order valence-corrected chi connectivity index (χ1v) is 7.09. The highest BCUT2D eigenvalue weighted by Gasteiger charge is 2.14. The van der Waals surface area contributed by atoms with Gasteiger partial charge in [-0.25, -0.2) is 4.39 Å². The van der Waals surface area contributed by atoms with Gasteiger partial charge in [0.05, 0.1) is 11.3 Å². The lowest BCUT2D eigenvalue weighted by Gasteiger charge is -2.09. The predicted molar refractivity (Wildman–Crippen MR) is 80.9 cm³/mol. The van der Waals surface area contributed by atoms with Gasteiger partial charge in [-0.2, -0.15) is 0 Å². The number of benzene rings is 2. The fourth-order valence-corrected chi connectivity index (χ4v) is 2.31. The summed E-state index contributed by atoms with van der Waals surface area (Å²) in [6.45, 7) is 1.63. The average Bonchev–Trinajstić information content (AvgIpc) is 2.37. The Morgan fingerprint density at radius 1 is 1.21 bits per heavy atom. The Morgan fingerprint density at radius 3 is 2.68 bits per heavy atom. The van der Waals surface area contributed by atoms with Crippen molar-refractivity contribution >= 4 is 43.5 Å². The summed E-state index contributed by atoms with van der Waals surface area (Å²) in [5.74, 6) is -0.967. The number of nitrogens with one attached hydrogen (secondary N) is 1. The lowest BCUT2D eigenvalue weighted by atomic mass is 10.1. The van der Waals surface area contributed by atoms with Crippen LogP contribution in [0.15, 0.2) is 45.3 Å². The summed E-state index contributed by atoms with van der Waals surface area (Å²) in [4.78, 5) is 12.1. The number of carbonyl (C=O) groups is 1. The molecular formula is C14H10Br2FNO. The van der Waals surface area contributed by atoms with Crippen LogP contribution >= 0.6 is 31.9 Å². The van der Waals surface area contributed by atoms with Crippen LogP contribution in [0.4, 0.5) is 10.1 Å². The van der Waals surface area contributed by atoms with Crippen LogP contribution in [0.5, 0.6) is 0 Å². The van der Waals surface area contributed by atoms with Crippen molar-refractivity contribution in [1.82, 2.24) is 0 Å². The first-order chi connectivity index (χ1) is 8.99. The molecule has 0 aliphatic carbocycles. The van der Waals surface area contributed by atoms with E-state index in [9.17, 15) is 9.18 Å². The van der Waals surface area contributed by atoms with Gasteiger partial charge in [0.25, 0.3) is 5.91 Å².